The lowest BCUT2D eigenvalue weighted by Crippen LogP contribution is -2.49. The van der Waals surface area contributed by atoms with Crippen LogP contribution in [0.2, 0.25) is 0 Å². The summed E-state index contributed by atoms with van der Waals surface area (Å²) >= 11 is 0. The largest absolute Gasteiger partial charge is 0.445 e. The number of primary amides is 1. The van der Waals surface area contributed by atoms with E-state index in [9.17, 15) is 19.2 Å². The molecule has 3 amide bonds. The molecule has 0 radical (unpaired) electrons. The van der Waals surface area contributed by atoms with Gasteiger partial charge in [-0.2, -0.15) is 0 Å². The maximum absolute atomic E-state index is 11.9. The zero-order valence-corrected chi connectivity index (χ0v) is 14.4. The van der Waals surface area contributed by atoms with Crippen LogP contribution in [0.5, 0.6) is 0 Å². The highest BCUT2D eigenvalue weighted by Crippen LogP contribution is 2.02. The third kappa shape index (κ3) is 8.25. The zero-order chi connectivity index (χ0) is 19.4. The number of unbranched alkanes of at least 4 members (excludes halogenated alkanes) is 1. The van der Waals surface area contributed by atoms with E-state index in [0.717, 1.165) is 5.56 Å². The van der Waals surface area contributed by atoms with Crippen LogP contribution in [-0.4, -0.2) is 42.8 Å². The molecule has 9 nitrogen and oxygen atoms in total. The number of nitrogens with two attached hydrogens (primary N) is 2. The quantitative estimate of drug-likeness (QED) is 0.309. The van der Waals surface area contributed by atoms with Crippen LogP contribution in [0.25, 0.3) is 0 Å². The minimum absolute atomic E-state index is 0.0656. The number of Topliss-reactive ketones (excluding diaryl/α,β-unsaturated/α-hetero) is 1. The summed E-state index contributed by atoms with van der Waals surface area (Å²) in [6, 6.07) is 8.01. The van der Waals surface area contributed by atoms with Gasteiger partial charge in [0.25, 0.3) is 5.91 Å². The van der Waals surface area contributed by atoms with Crippen LogP contribution in [0.15, 0.2) is 30.3 Å². The van der Waals surface area contributed by atoms with Gasteiger partial charge in [0.2, 0.25) is 11.7 Å². The number of benzene rings is 1. The van der Waals surface area contributed by atoms with Crippen molar-refractivity contribution in [3.63, 3.8) is 0 Å². The number of hydrogen-bond acceptors (Lipinski definition) is 6. The molecule has 0 saturated heterocycles. The third-order valence-corrected chi connectivity index (χ3v) is 3.45. The lowest BCUT2D eigenvalue weighted by Gasteiger charge is -2.16. The van der Waals surface area contributed by atoms with Crippen molar-refractivity contribution in [1.82, 2.24) is 10.6 Å². The van der Waals surface area contributed by atoms with Crippen LogP contribution in [0, 0.1) is 0 Å². The average Bonchev–Trinajstić information content (AvgIpc) is 2.64. The van der Waals surface area contributed by atoms with Gasteiger partial charge in [0.1, 0.15) is 13.2 Å². The second-order valence-electron chi connectivity index (χ2n) is 5.55. The van der Waals surface area contributed by atoms with Crippen molar-refractivity contribution in [2.45, 2.75) is 31.9 Å². The van der Waals surface area contributed by atoms with Gasteiger partial charge >= 0.3 is 6.09 Å². The fourth-order valence-corrected chi connectivity index (χ4v) is 2.11. The fraction of sp³-hybridized carbons (Fsp3) is 0.412. The van der Waals surface area contributed by atoms with E-state index in [4.69, 9.17) is 16.2 Å². The molecule has 1 aromatic carbocycles. The van der Waals surface area contributed by atoms with Crippen molar-refractivity contribution >= 4 is 23.7 Å². The van der Waals surface area contributed by atoms with Crippen LogP contribution in [-0.2, 0) is 25.7 Å². The maximum atomic E-state index is 11.9. The van der Waals surface area contributed by atoms with E-state index < -0.39 is 36.3 Å². The highest BCUT2D eigenvalue weighted by atomic mass is 16.5. The molecule has 1 unspecified atom stereocenters. The Morgan fingerprint density at radius 1 is 1.08 bits per heavy atom. The van der Waals surface area contributed by atoms with Crippen molar-refractivity contribution < 1.29 is 23.9 Å². The number of ketones is 1. The summed E-state index contributed by atoms with van der Waals surface area (Å²) in [6.07, 6.45) is 0.656. The van der Waals surface area contributed by atoms with E-state index in [1.165, 1.54) is 0 Å². The maximum Gasteiger partial charge on any atom is 0.407 e. The molecule has 1 atom stereocenters. The van der Waals surface area contributed by atoms with Crippen molar-refractivity contribution in [2.24, 2.45) is 11.5 Å². The van der Waals surface area contributed by atoms with Gasteiger partial charge in [-0.15, -0.1) is 0 Å². The number of nitrogens with one attached hydrogen (secondary N) is 2. The Labute approximate surface area is 151 Å². The van der Waals surface area contributed by atoms with E-state index in [2.05, 4.69) is 10.6 Å². The van der Waals surface area contributed by atoms with Gasteiger partial charge in [-0.05, 0) is 31.4 Å². The molecule has 1 aromatic rings. The molecular weight excluding hydrogens is 340 g/mol. The second kappa shape index (κ2) is 11.6. The van der Waals surface area contributed by atoms with Gasteiger partial charge in [0.15, 0.2) is 0 Å². The van der Waals surface area contributed by atoms with E-state index in [0.29, 0.717) is 19.4 Å². The molecular formula is C17H24N4O5. The van der Waals surface area contributed by atoms with Gasteiger partial charge in [-0.25, -0.2) is 4.79 Å². The minimum Gasteiger partial charge on any atom is -0.445 e. The normalized spacial score (nSPS) is 11.3. The predicted octanol–water partition coefficient (Wildman–Crippen LogP) is -0.419. The molecule has 0 heterocycles. The van der Waals surface area contributed by atoms with Crippen LogP contribution in [0.3, 0.4) is 0 Å². The Bertz CT molecular complexity index is 621. The molecule has 26 heavy (non-hydrogen) atoms. The summed E-state index contributed by atoms with van der Waals surface area (Å²) in [5.74, 6) is -2.64. The predicted molar refractivity (Wildman–Crippen MR) is 93.7 cm³/mol. The minimum atomic E-state index is -1.13. The molecule has 0 fully saturated rings. The van der Waals surface area contributed by atoms with Crippen LogP contribution >= 0.6 is 0 Å². The van der Waals surface area contributed by atoms with Crippen LogP contribution in [0.4, 0.5) is 4.79 Å². The number of hydrogen-bond donors (Lipinski definition) is 4. The van der Waals surface area contributed by atoms with Crippen molar-refractivity contribution in [3.8, 4) is 0 Å². The number of amides is 3. The number of alkyl carbamates (subject to hydrolysis) is 1. The molecule has 142 valence electrons. The molecule has 9 heteroatoms. The van der Waals surface area contributed by atoms with Crippen molar-refractivity contribution in [2.75, 3.05) is 13.1 Å². The van der Waals surface area contributed by atoms with Crippen LogP contribution < -0.4 is 22.1 Å². The molecule has 0 aliphatic carbocycles. The van der Waals surface area contributed by atoms with Gasteiger partial charge in [0, 0.05) is 0 Å². The Kier molecular flexibility index (Phi) is 9.40. The first-order valence-corrected chi connectivity index (χ1v) is 8.21. The van der Waals surface area contributed by atoms with Gasteiger partial charge in [-0.1, -0.05) is 30.3 Å². The van der Waals surface area contributed by atoms with Crippen molar-refractivity contribution in [1.29, 1.82) is 0 Å². The Morgan fingerprint density at radius 2 is 1.77 bits per heavy atom. The summed E-state index contributed by atoms with van der Waals surface area (Å²) in [5.41, 5.74) is 11.2. The monoisotopic (exact) mass is 364 g/mol. The topological polar surface area (TPSA) is 154 Å². The van der Waals surface area contributed by atoms with Gasteiger partial charge in [-0.3, -0.25) is 14.4 Å². The first-order valence-electron chi connectivity index (χ1n) is 8.21. The molecule has 1 rings (SSSR count). The molecule has 0 bridgehead atoms. The highest BCUT2D eigenvalue weighted by molar-refractivity contribution is 6.37. The van der Waals surface area contributed by atoms with E-state index in [-0.39, 0.29) is 13.0 Å². The molecule has 0 aliphatic heterocycles. The first-order chi connectivity index (χ1) is 12.4. The zero-order valence-electron chi connectivity index (χ0n) is 14.4. The number of rotatable bonds is 11. The molecule has 0 aromatic heterocycles. The summed E-state index contributed by atoms with van der Waals surface area (Å²) in [6.45, 7) is 0.101. The van der Waals surface area contributed by atoms with Crippen LogP contribution in [0.1, 0.15) is 24.8 Å². The van der Waals surface area contributed by atoms with E-state index in [1.807, 2.05) is 18.2 Å². The van der Waals surface area contributed by atoms with Crippen molar-refractivity contribution in [3.05, 3.63) is 35.9 Å². The van der Waals surface area contributed by atoms with E-state index in [1.54, 1.807) is 12.1 Å². The Hall–Kier alpha value is -2.94. The standard InChI is InChI=1S/C17H24N4O5/c18-9-5-4-8-13(15(23)16(19)24)21-14(22)10-20-17(25)26-11-12-6-2-1-3-7-12/h1-3,6-7,13H,4-5,8-11,18H2,(H2,19,24)(H,20,25)(H,21,22). The number of carbonyl (C=O) groups is 4. The summed E-state index contributed by atoms with van der Waals surface area (Å²) in [5, 5.41) is 4.66. The summed E-state index contributed by atoms with van der Waals surface area (Å²) in [7, 11) is 0. The number of ether oxygens (including phenoxy) is 1. The fourth-order valence-electron chi connectivity index (χ4n) is 2.11. The average molecular weight is 364 g/mol. The summed E-state index contributed by atoms with van der Waals surface area (Å²) < 4.78 is 4.96. The van der Waals surface area contributed by atoms with Gasteiger partial charge < -0.3 is 26.8 Å². The molecule has 6 N–H and O–H groups in total. The highest BCUT2D eigenvalue weighted by Gasteiger charge is 2.24. The van der Waals surface area contributed by atoms with E-state index >= 15 is 0 Å². The smallest absolute Gasteiger partial charge is 0.407 e. The second-order valence-corrected chi connectivity index (χ2v) is 5.55. The lowest BCUT2D eigenvalue weighted by molar-refractivity contribution is -0.138. The molecule has 0 spiro atoms. The Morgan fingerprint density at radius 3 is 2.38 bits per heavy atom. The Balaban J connectivity index is 2.39. The lowest BCUT2D eigenvalue weighted by atomic mass is 10.0. The molecule has 0 aliphatic rings. The SMILES string of the molecule is NCCCCC(NC(=O)CNC(=O)OCc1ccccc1)C(=O)C(N)=O. The third-order valence-electron chi connectivity index (χ3n) is 3.45. The van der Waals surface area contributed by atoms with Gasteiger partial charge in [0.05, 0.1) is 6.04 Å². The molecule has 0 saturated carbocycles. The number of carbonyl (C=O) groups excluding carboxylic acids is 4. The first kappa shape index (κ1) is 21.1. The summed E-state index contributed by atoms with van der Waals surface area (Å²) in [4.78, 5) is 46.3.